The maximum atomic E-state index is 11.7. The minimum absolute atomic E-state index is 0.0657. The molecule has 1 aliphatic rings. The van der Waals surface area contributed by atoms with Crippen LogP contribution in [0.5, 0.6) is 0 Å². The minimum atomic E-state index is -0.131. The van der Waals surface area contributed by atoms with Crippen molar-refractivity contribution in [2.45, 2.75) is 32.6 Å². The van der Waals surface area contributed by atoms with Crippen LogP contribution in [0.25, 0.3) is 0 Å². The van der Waals surface area contributed by atoms with Crippen molar-refractivity contribution in [2.24, 2.45) is 0 Å². The number of carbonyl (C=O) groups excluding carboxylic acids is 2. The average molecular weight is 237 g/mol. The predicted molar refractivity (Wildman–Crippen MR) is 62.9 cm³/mol. The van der Waals surface area contributed by atoms with E-state index in [4.69, 9.17) is 5.26 Å². The van der Waals surface area contributed by atoms with E-state index in [0.29, 0.717) is 32.6 Å². The van der Waals surface area contributed by atoms with Crippen molar-refractivity contribution in [2.75, 3.05) is 26.2 Å². The van der Waals surface area contributed by atoms with E-state index in [9.17, 15) is 9.59 Å². The Morgan fingerprint density at radius 1 is 1.12 bits per heavy atom. The standard InChI is InChI=1S/C12H19N3O2/c1-2-3-4-11(16)14-7-9-15(10-8-14)12(17)5-6-13/h2-5,7-10H2,1H3. The van der Waals surface area contributed by atoms with Crippen LogP contribution in [0.15, 0.2) is 0 Å². The zero-order valence-corrected chi connectivity index (χ0v) is 10.3. The van der Waals surface area contributed by atoms with Crippen LogP contribution in [0.1, 0.15) is 32.6 Å². The van der Waals surface area contributed by atoms with Gasteiger partial charge < -0.3 is 9.80 Å². The summed E-state index contributed by atoms with van der Waals surface area (Å²) in [5, 5.41) is 8.44. The van der Waals surface area contributed by atoms with Gasteiger partial charge in [-0.3, -0.25) is 9.59 Å². The summed E-state index contributed by atoms with van der Waals surface area (Å²) in [5.74, 6) is 0.0485. The molecule has 2 amide bonds. The maximum Gasteiger partial charge on any atom is 0.236 e. The van der Waals surface area contributed by atoms with Crippen LogP contribution in [0, 0.1) is 11.3 Å². The van der Waals surface area contributed by atoms with Gasteiger partial charge >= 0.3 is 0 Å². The molecule has 1 saturated heterocycles. The van der Waals surface area contributed by atoms with E-state index in [1.807, 2.05) is 11.0 Å². The van der Waals surface area contributed by atoms with Crippen molar-refractivity contribution in [3.8, 4) is 6.07 Å². The maximum absolute atomic E-state index is 11.7. The summed E-state index contributed by atoms with van der Waals surface area (Å²) in [5.41, 5.74) is 0. The smallest absolute Gasteiger partial charge is 0.236 e. The van der Waals surface area contributed by atoms with E-state index >= 15 is 0 Å². The second-order valence-electron chi connectivity index (χ2n) is 4.20. The van der Waals surface area contributed by atoms with Crippen LogP contribution >= 0.6 is 0 Å². The largest absolute Gasteiger partial charge is 0.339 e. The average Bonchev–Trinajstić information content (AvgIpc) is 2.36. The third-order valence-corrected chi connectivity index (χ3v) is 2.96. The highest BCUT2D eigenvalue weighted by Crippen LogP contribution is 2.07. The van der Waals surface area contributed by atoms with Crippen LogP contribution in [0.2, 0.25) is 0 Å². The van der Waals surface area contributed by atoms with E-state index in [-0.39, 0.29) is 18.2 Å². The third kappa shape index (κ3) is 4.06. The number of hydrogen-bond donors (Lipinski definition) is 0. The lowest BCUT2D eigenvalue weighted by molar-refractivity contribution is -0.139. The quantitative estimate of drug-likeness (QED) is 0.725. The first kappa shape index (κ1) is 13.5. The molecule has 17 heavy (non-hydrogen) atoms. The molecule has 1 fully saturated rings. The fourth-order valence-electron chi connectivity index (χ4n) is 1.87. The highest BCUT2D eigenvalue weighted by Gasteiger charge is 2.23. The minimum Gasteiger partial charge on any atom is -0.339 e. The number of nitriles is 1. The van der Waals surface area contributed by atoms with Gasteiger partial charge in [-0.1, -0.05) is 13.3 Å². The number of carbonyl (C=O) groups is 2. The van der Waals surface area contributed by atoms with E-state index < -0.39 is 0 Å². The molecule has 0 N–H and O–H groups in total. The SMILES string of the molecule is CCCCC(=O)N1CCN(C(=O)CC#N)CC1. The van der Waals surface area contributed by atoms with E-state index in [1.165, 1.54) is 0 Å². The second kappa shape index (κ2) is 6.89. The zero-order valence-electron chi connectivity index (χ0n) is 10.3. The number of amides is 2. The summed E-state index contributed by atoms with van der Waals surface area (Å²) in [7, 11) is 0. The lowest BCUT2D eigenvalue weighted by Gasteiger charge is -2.34. The Bertz CT molecular complexity index is 314. The molecule has 0 saturated carbocycles. The molecule has 1 heterocycles. The molecular weight excluding hydrogens is 218 g/mol. The van der Waals surface area contributed by atoms with Crippen molar-refractivity contribution in [3.63, 3.8) is 0 Å². The fraction of sp³-hybridized carbons (Fsp3) is 0.750. The Hall–Kier alpha value is -1.57. The fourth-order valence-corrected chi connectivity index (χ4v) is 1.87. The summed E-state index contributed by atoms with van der Waals surface area (Å²) in [6.45, 7) is 4.36. The monoisotopic (exact) mass is 237 g/mol. The van der Waals surface area contributed by atoms with Crippen molar-refractivity contribution in [1.29, 1.82) is 5.26 Å². The summed E-state index contributed by atoms with van der Waals surface area (Å²) in [4.78, 5) is 26.6. The molecular formula is C12H19N3O2. The Morgan fingerprint density at radius 3 is 2.12 bits per heavy atom. The molecule has 0 aliphatic carbocycles. The second-order valence-corrected chi connectivity index (χ2v) is 4.20. The summed E-state index contributed by atoms with van der Waals surface area (Å²) < 4.78 is 0. The van der Waals surface area contributed by atoms with Gasteiger partial charge in [0.05, 0.1) is 6.07 Å². The van der Waals surface area contributed by atoms with Gasteiger partial charge in [-0.05, 0) is 6.42 Å². The molecule has 5 heteroatoms. The van der Waals surface area contributed by atoms with Gasteiger partial charge in [0.25, 0.3) is 0 Å². The summed E-state index contributed by atoms with van der Waals surface area (Å²) >= 11 is 0. The Kier molecular flexibility index (Phi) is 5.47. The van der Waals surface area contributed by atoms with E-state index in [2.05, 4.69) is 6.92 Å². The molecule has 0 aromatic carbocycles. The molecule has 0 aromatic heterocycles. The first-order valence-electron chi connectivity index (χ1n) is 6.11. The van der Waals surface area contributed by atoms with Crippen LogP contribution in [0.4, 0.5) is 0 Å². The molecule has 0 unspecified atom stereocenters. The van der Waals surface area contributed by atoms with E-state index in [0.717, 1.165) is 12.8 Å². The lowest BCUT2D eigenvalue weighted by Crippen LogP contribution is -2.50. The van der Waals surface area contributed by atoms with Crippen LogP contribution in [0.3, 0.4) is 0 Å². The normalized spacial score (nSPS) is 15.5. The van der Waals surface area contributed by atoms with Crippen molar-refractivity contribution < 1.29 is 9.59 Å². The highest BCUT2D eigenvalue weighted by molar-refractivity contribution is 5.79. The number of piperazine rings is 1. The summed E-state index contributed by atoms with van der Waals surface area (Å²) in [6, 6.07) is 1.85. The zero-order chi connectivity index (χ0) is 12.7. The molecule has 0 radical (unpaired) electrons. The molecule has 1 rings (SSSR count). The highest BCUT2D eigenvalue weighted by atomic mass is 16.2. The predicted octanol–water partition coefficient (Wildman–Crippen LogP) is 0.761. The number of unbranched alkanes of at least 4 members (excludes halogenated alkanes) is 1. The van der Waals surface area contributed by atoms with Gasteiger partial charge in [-0.15, -0.1) is 0 Å². The van der Waals surface area contributed by atoms with Gasteiger partial charge in [0.15, 0.2) is 0 Å². The Labute approximate surface area is 102 Å². The van der Waals surface area contributed by atoms with Gasteiger partial charge in [0, 0.05) is 32.6 Å². The van der Waals surface area contributed by atoms with Crippen LogP contribution < -0.4 is 0 Å². The summed E-state index contributed by atoms with van der Waals surface area (Å²) in [6.07, 6.45) is 2.48. The molecule has 1 aliphatic heterocycles. The number of rotatable bonds is 4. The Morgan fingerprint density at radius 2 is 1.65 bits per heavy atom. The van der Waals surface area contributed by atoms with Crippen molar-refractivity contribution >= 4 is 11.8 Å². The number of nitrogens with zero attached hydrogens (tertiary/aromatic N) is 3. The van der Waals surface area contributed by atoms with Crippen LogP contribution in [-0.2, 0) is 9.59 Å². The number of hydrogen-bond acceptors (Lipinski definition) is 3. The van der Waals surface area contributed by atoms with Crippen molar-refractivity contribution in [1.82, 2.24) is 9.80 Å². The van der Waals surface area contributed by atoms with E-state index in [1.54, 1.807) is 4.90 Å². The van der Waals surface area contributed by atoms with Crippen molar-refractivity contribution in [3.05, 3.63) is 0 Å². The lowest BCUT2D eigenvalue weighted by atomic mass is 10.2. The van der Waals surface area contributed by atoms with Crippen LogP contribution in [-0.4, -0.2) is 47.8 Å². The molecule has 0 aromatic rings. The first-order chi connectivity index (χ1) is 8.19. The molecule has 0 spiro atoms. The first-order valence-corrected chi connectivity index (χ1v) is 6.11. The molecule has 94 valence electrons. The van der Waals surface area contributed by atoms with Gasteiger partial charge in [0.1, 0.15) is 6.42 Å². The molecule has 0 bridgehead atoms. The molecule has 5 nitrogen and oxygen atoms in total. The van der Waals surface area contributed by atoms with Gasteiger partial charge in [-0.25, -0.2) is 0 Å². The Balaban J connectivity index is 2.33. The topological polar surface area (TPSA) is 64.4 Å². The van der Waals surface area contributed by atoms with Gasteiger partial charge in [0.2, 0.25) is 11.8 Å². The van der Waals surface area contributed by atoms with Gasteiger partial charge in [-0.2, -0.15) is 5.26 Å². The molecule has 0 atom stereocenters. The third-order valence-electron chi connectivity index (χ3n) is 2.96.